The second kappa shape index (κ2) is 6.23. The molecule has 1 heterocycles. The van der Waals surface area contributed by atoms with Crippen LogP contribution in [0.25, 0.3) is 0 Å². The van der Waals surface area contributed by atoms with Crippen molar-refractivity contribution < 1.29 is 4.79 Å². The van der Waals surface area contributed by atoms with Crippen molar-refractivity contribution in [3.63, 3.8) is 0 Å². The highest BCUT2D eigenvalue weighted by Gasteiger charge is 2.33. The second-order valence-electron chi connectivity index (χ2n) is 5.39. The van der Waals surface area contributed by atoms with Crippen LogP contribution in [-0.4, -0.2) is 25.8 Å². The van der Waals surface area contributed by atoms with Gasteiger partial charge in [-0.15, -0.1) is 11.8 Å². The minimum Gasteiger partial charge on any atom is -0.378 e. The van der Waals surface area contributed by atoms with Gasteiger partial charge >= 0.3 is 0 Å². The number of nitrogens with zero attached hydrogens (tertiary/aromatic N) is 2. The predicted molar refractivity (Wildman–Crippen MR) is 94.9 cm³/mol. The molecular formula is C17H17ClN2OS. The fraction of sp³-hybridized carbons (Fsp3) is 0.235. The van der Waals surface area contributed by atoms with E-state index in [9.17, 15) is 4.79 Å². The molecule has 0 aromatic heterocycles. The number of carbonyl (C=O) groups is 1. The first-order valence-electron chi connectivity index (χ1n) is 7.03. The summed E-state index contributed by atoms with van der Waals surface area (Å²) in [6.07, 6.45) is 0. The van der Waals surface area contributed by atoms with Crippen molar-refractivity contribution >= 4 is 40.6 Å². The molecule has 1 aliphatic rings. The zero-order chi connectivity index (χ0) is 15.7. The van der Waals surface area contributed by atoms with Crippen LogP contribution in [0, 0.1) is 0 Å². The molecule has 0 spiro atoms. The molecule has 1 saturated heterocycles. The molecule has 0 saturated carbocycles. The van der Waals surface area contributed by atoms with Crippen LogP contribution in [0.4, 0.5) is 11.4 Å². The second-order valence-corrected chi connectivity index (χ2v) is 6.89. The Morgan fingerprint density at radius 3 is 2.32 bits per heavy atom. The third-order valence-electron chi connectivity index (χ3n) is 3.67. The normalized spacial score (nSPS) is 17.9. The summed E-state index contributed by atoms with van der Waals surface area (Å²) in [5.41, 5.74) is 3.17. The van der Waals surface area contributed by atoms with Gasteiger partial charge in [0.05, 0.1) is 5.75 Å². The van der Waals surface area contributed by atoms with E-state index >= 15 is 0 Å². The number of hydrogen-bond acceptors (Lipinski definition) is 3. The molecule has 3 rings (SSSR count). The summed E-state index contributed by atoms with van der Waals surface area (Å²) in [5.74, 6) is 0.636. The molecule has 1 fully saturated rings. The fourth-order valence-corrected chi connectivity index (χ4v) is 3.79. The number of anilines is 2. The minimum absolute atomic E-state index is 0.0184. The lowest BCUT2D eigenvalue weighted by Crippen LogP contribution is -2.27. The van der Waals surface area contributed by atoms with Crippen molar-refractivity contribution in [2.24, 2.45) is 0 Å². The molecule has 1 unspecified atom stereocenters. The topological polar surface area (TPSA) is 23.6 Å². The van der Waals surface area contributed by atoms with Gasteiger partial charge in [0.15, 0.2) is 0 Å². The highest BCUT2D eigenvalue weighted by atomic mass is 35.5. The Bertz CT molecular complexity index is 670. The Morgan fingerprint density at radius 2 is 1.73 bits per heavy atom. The molecule has 22 heavy (non-hydrogen) atoms. The Labute approximate surface area is 139 Å². The van der Waals surface area contributed by atoms with E-state index < -0.39 is 0 Å². The van der Waals surface area contributed by atoms with Gasteiger partial charge in [-0.3, -0.25) is 9.69 Å². The molecule has 114 valence electrons. The first kappa shape index (κ1) is 15.3. The van der Waals surface area contributed by atoms with Crippen molar-refractivity contribution in [3.05, 3.63) is 59.1 Å². The Balaban J connectivity index is 1.91. The number of amides is 1. The number of carbonyl (C=O) groups excluding carboxylic acids is 1. The van der Waals surface area contributed by atoms with E-state index in [1.165, 1.54) is 0 Å². The van der Waals surface area contributed by atoms with Gasteiger partial charge in [0.2, 0.25) is 5.91 Å². The lowest BCUT2D eigenvalue weighted by Gasteiger charge is -2.25. The first-order valence-corrected chi connectivity index (χ1v) is 8.45. The lowest BCUT2D eigenvalue weighted by molar-refractivity contribution is -0.115. The third kappa shape index (κ3) is 2.94. The maximum atomic E-state index is 12.3. The van der Waals surface area contributed by atoms with Gasteiger partial charge in [-0.2, -0.15) is 0 Å². The van der Waals surface area contributed by atoms with E-state index in [0.717, 1.165) is 16.9 Å². The Kier molecular flexibility index (Phi) is 4.32. The molecular weight excluding hydrogens is 316 g/mol. The summed E-state index contributed by atoms with van der Waals surface area (Å²) in [5, 5.41) is 0.694. The molecule has 1 aliphatic heterocycles. The van der Waals surface area contributed by atoms with Crippen molar-refractivity contribution in [2.45, 2.75) is 5.37 Å². The van der Waals surface area contributed by atoms with E-state index in [2.05, 4.69) is 29.2 Å². The summed E-state index contributed by atoms with van der Waals surface area (Å²) in [6, 6.07) is 15.8. The van der Waals surface area contributed by atoms with Gasteiger partial charge in [-0.25, -0.2) is 0 Å². The van der Waals surface area contributed by atoms with Crippen molar-refractivity contribution in [1.82, 2.24) is 0 Å². The molecule has 0 radical (unpaired) electrons. The summed E-state index contributed by atoms with van der Waals surface area (Å²) in [4.78, 5) is 16.2. The van der Waals surface area contributed by atoms with E-state index in [4.69, 9.17) is 11.6 Å². The number of halogens is 1. The molecule has 5 heteroatoms. The standard InChI is InChI=1S/C17H17ClN2OS/c1-19(2)14-7-3-12(4-8-14)17-20(16(21)11-22-17)15-9-5-13(18)6-10-15/h3-10,17H,11H2,1-2H3. The van der Waals surface area contributed by atoms with Crippen molar-refractivity contribution in [2.75, 3.05) is 29.6 Å². The van der Waals surface area contributed by atoms with Gasteiger partial charge in [0, 0.05) is 30.5 Å². The van der Waals surface area contributed by atoms with Crippen LogP contribution >= 0.6 is 23.4 Å². The summed E-state index contributed by atoms with van der Waals surface area (Å²) >= 11 is 7.60. The smallest absolute Gasteiger partial charge is 0.238 e. The van der Waals surface area contributed by atoms with E-state index in [-0.39, 0.29) is 11.3 Å². The average molecular weight is 333 g/mol. The molecule has 3 nitrogen and oxygen atoms in total. The van der Waals surface area contributed by atoms with Crippen LogP contribution in [0.2, 0.25) is 5.02 Å². The van der Waals surface area contributed by atoms with Gasteiger partial charge in [0.1, 0.15) is 5.37 Å². The quantitative estimate of drug-likeness (QED) is 0.842. The summed E-state index contributed by atoms with van der Waals surface area (Å²) < 4.78 is 0. The summed E-state index contributed by atoms with van der Waals surface area (Å²) in [6.45, 7) is 0. The third-order valence-corrected chi connectivity index (χ3v) is 5.13. The molecule has 1 amide bonds. The number of hydrogen-bond donors (Lipinski definition) is 0. The minimum atomic E-state index is 0.0184. The molecule has 0 bridgehead atoms. The van der Waals surface area contributed by atoms with Crippen LogP contribution in [0.3, 0.4) is 0 Å². The molecule has 1 atom stereocenters. The highest BCUT2D eigenvalue weighted by Crippen LogP contribution is 2.42. The molecule has 2 aromatic rings. The molecule has 0 N–H and O–H groups in total. The van der Waals surface area contributed by atoms with Crippen LogP contribution < -0.4 is 9.80 Å². The van der Waals surface area contributed by atoms with Crippen LogP contribution in [-0.2, 0) is 4.79 Å². The Morgan fingerprint density at radius 1 is 1.09 bits per heavy atom. The fourth-order valence-electron chi connectivity index (χ4n) is 2.49. The van der Waals surface area contributed by atoms with Crippen molar-refractivity contribution in [1.29, 1.82) is 0 Å². The van der Waals surface area contributed by atoms with Crippen LogP contribution in [0.5, 0.6) is 0 Å². The van der Waals surface area contributed by atoms with Gasteiger partial charge in [-0.1, -0.05) is 23.7 Å². The zero-order valence-corrected chi connectivity index (χ0v) is 14.1. The maximum absolute atomic E-state index is 12.3. The monoisotopic (exact) mass is 332 g/mol. The number of thioether (sulfide) groups is 1. The number of benzene rings is 2. The first-order chi connectivity index (χ1) is 10.6. The van der Waals surface area contributed by atoms with E-state index in [1.807, 2.05) is 43.3 Å². The largest absolute Gasteiger partial charge is 0.378 e. The van der Waals surface area contributed by atoms with Crippen LogP contribution in [0.1, 0.15) is 10.9 Å². The summed E-state index contributed by atoms with van der Waals surface area (Å²) in [7, 11) is 4.03. The van der Waals surface area contributed by atoms with Gasteiger partial charge in [0.25, 0.3) is 0 Å². The SMILES string of the molecule is CN(C)c1ccc(C2SCC(=O)N2c2ccc(Cl)cc2)cc1. The maximum Gasteiger partial charge on any atom is 0.238 e. The Hall–Kier alpha value is -1.65. The molecule has 0 aliphatic carbocycles. The average Bonchev–Trinajstić information content (AvgIpc) is 2.90. The zero-order valence-electron chi connectivity index (χ0n) is 12.5. The number of rotatable bonds is 3. The van der Waals surface area contributed by atoms with Crippen LogP contribution in [0.15, 0.2) is 48.5 Å². The van der Waals surface area contributed by atoms with Gasteiger partial charge < -0.3 is 4.90 Å². The van der Waals surface area contributed by atoms with Gasteiger partial charge in [-0.05, 0) is 42.0 Å². The molecule has 2 aromatic carbocycles. The van der Waals surface area contributed by atoms with E-state index in [1.54, 1.807) is 11.8 Å². The van der Waals surface area contributed by atoms with Crippen molar-refractivity contribution in [3.8, 4) is 0 Å². The lowest BCUT2D eigenvalue weighted by atomic mass is 10.1. The predicted octanol–water partition coefficient (Wildman–Crippen LogP) is 4.18. The highest BCUT2D eigenvalue weighted by molar-refractivity contribution is 8.00. The van der Waals surface area contributed by atoms with E-state index in [0.29, 0.717) is 10.8 Å².